The van der Waals surface area contributed by atoms with E-state index in [1.165, 1.54) is 0 Å². The van der Waals surface area contributed by atoms with E-state index >= 15 is 0 Å². The Labute approximate surface area is 121 Å². The molecule has 0 saturated heterocycles. The maximum atomic E-state index is 5.38. The lowest BCUT2D eigenvalue weighted by atomic mass is 10.4. The number of nitrogens with one attached hydrogen (secondary N) is 2. The Morgan fingerprint density at radius 3 is 2.40 bits per heavy atom. The molecule has 0 aliphatic rings. The molecule has 1 aromatic heterocycles. The number of nitrogens with zero attached hydrogens (tertiary/aromatic N) is 2. The van der Waals surface area contributed by atoms with E-state index in [4.69, 9.17) is 9.47 Å². The zero-order chi connectivity index (χ0) is 14.6. The lowest BCUT2D eigenvalue weighted by Crippen LogP contribution is -2.11. The number of aromatic nitrogens is 2. The van der Waals surface area contributed by atoms with Crippen LogP contribution in [0.15, 0.2) is 6.07 Å². The maximum absolute atomic E-state index is 5.38. The lowest BCUT2D eigenvalue weighted by Gasteiger charge is -2.11. The first-order valence-electron chi connectivity index (χ1n) is 7.22. The molecule has 6 heteroatoms. The molecular formula is C14H26N4O2. The Morgan fingerprint density at radius 1 is 1.10 bits per heavy atom. The van der Waals surface area contributed by atoms with E-state index < -0.39 is 0 Å². The van der Waals surface area contributed by atoms with E-state index in [0.29, 0.717) is 19.0 Å². The molecule has 0 spiro atoms. The van der Waals surface area contributed by atoms with Crippen LogP contribution >= 0.6 is 0 Å². The molecule has 0 aromatic carbocycles. The fourth-order valence-corrected chi connectivity index (χ4v) is 1.62. The van der Waals surface area contributed by atoms with E-state index in [2.05, 4.69) is 27.5 Å². The number of anilines is 2. The van der Waals surface area contributed by atoms with E-state index in [0.717, 1.165) is 44.2 Å². The van der Waals surface area contributed by atoms with Crippen molar-refractivity contribution in [1.82, 2.24) is 9.97 Å². The predicted octanol–water partition coefficient (Wildman–Crippen LogP) is 2.28. The minimum absolute atomic E-state index is 0.435. The summed E-state index contributed by atoms with van der Waals surface area (Å²) in [6.45, 7) is 7.64. The molecule has 1 aromatic rings. The van der Waals surface area contributed by atoms with Crippen molar-refractivity contribution < 1.29 is 9.47 Å². The first kappa shape index (κ1) is 16.7. The summed E-state index contributed by atoms with van der Waals surface area (Å²) in [6.07, 6.45) is 2.00. The van der Waals surface area contributed by atoms with Gasteiger partial charge in [-0.25, -0.2) is 9.97 Å². The highest BCUT2D eigenvalue weighted by molar-refractivity contribution is 5.47. The van der Waals surface area contributed by atoms with Crippen molar-refractivity contribution in [3.05, 3.63) is 11.9 Å². The topological polar surface area (TPSA) is 68.3 Å². The molecule has 0 amide bonds. The Morgan fingerprint density at radius 2 is 1.80 bits per heavy atom. The summed E-state index contributed by atoms with van der Waals surface area (Å²) in [4.78, 5) is 8.89. The highest BCUT2D eigenvalue weighted by Crippen LogP contribution is 2.12. The van der Waals surface area contributed by atoms with Gasteiger partial charge in [-0.1, -0.05) is 6.92 Å². The van der Waals surface area contributed by atoms with Gasteiger partial charge in [-0.05, 0) is 19.8 Å². The molecule has 20 heavy (non-hydrogen) atoms. The monoisotopic (exact) mass is 282 g/mol. The van der Waals surface area contributed by atoms with Crippen LogP contribution in [0.4, 0.5) is 11.6 Å². The summed E-state index contributed by atoms with van der Waals surface area (Å²) in [5.41, 5.74) is 0. The van der Waals surface area contributed by atoms with Crippen LogP contribution in [-0.4, -0.2) is 43.4 Å². The Balaban J connectivity index is 2.64. The predicted molar refractivity (Wildman–Crippen MR) is 81.1 cm³/mol. The largest absolute Gasteiger partial charge is 0.385 e. The lowest BCUT2D eigenvalue weighted by molar-refractivity contribution is 0.128. The van der Waals surface area contributed by atoms with Gasteiger partial charge in [0.15, 0.2) is 5.82 Å². The van der Waals surface area contributed by atoms with Crippen molar-refractivity contribution in [1.29, 1.82) is 0 Å². The second kappa shape index (κ2) is 10.4. The molecule has 0 radical (unpaired) electrons. The molecule has 0 aliphatic heterocycles. The number of ether oxygens (including phenoxy) is 2. The van der Waals surface area contributed by atoms with Gasteiger partial charge in [0.1, 0.15) is 18.2 Å². The van der Waals surface area contributed by atoms with Crippen LogP contribution in [0.2, 0.25) is 0 Å². The second-order valence-electron chi connectivity index (χ2n) is 4.39. The normalized spacial score (nSPS) is 10.6. The summed E-state index contributed by atoms with van der Waals surface area (Å²) in [7, 11) is 1.71. The number of hydrogen-bond acceptors (Lipinski definition) is 6. The Kier molecular flexibility index (Phi) is 8.66. The summed E-state index contributed by atoms with van der Waals surface area (Å²) < 4.78 is 10.4. The SMILES string of the molecule is CCCNc1cc(NCCCOC)nc(COCC)n1. The fourth-order valence-electron chi connectivity index (χ4n) is 1.62. The van der Waals surface area contributed by atoms with Gasteiger partial charge in [0.2, 0.25) is 0 Å². The van der Waals surface area contributed by atoms with Gasteiger partial charge in [0.25, 0.3) is 0 Å². The molecular weight excluding hydrogens is 256 g/mol. The maximum Gasteiger partial charge on any atom is 0.158 e. The molecule has 0 unspecified atom stereocenters. The first-order valence-corrected chi connectivity index (χ1v) is 7.22. The molecule has 1 heterocycles. The van der Waals surface area contributed by atoms with Crippen molar-refractivity contribution in [2.75, 3.05) is 44.0 Å². The Hall–Kier alpha value is -1.40. The smallest absolute Gasteiger partial charge is 0.158 e. The van der Waals surface area contributed by atoms with Gasteiger partial charge in [0, 0.05) is 39.5 Å². The molecule has 6 nitrogen and oxygen atoms in total. The first-order chi connectivity index (χ1) is 9.80. The van der Waals surface area contributed by atoms with Crippen LogP contribution in [0.1, 0.15) is 32.5 Å². The van der Waals surface area contributed by atoms with Crippen LogP contribution in [-0.2, 0) is 16.1 Å². The minimum Gasteiger partial charge on any atom is -0.385 e. The summed E-state index contributed by atoms with van der Waals surface area (Å²) in [5.74, 6) is 2.36. The van der Waals surface area contributed by atoms with Gasteiger partial charge in [0.05, 0.1) is 0 Å². The summed E-state index contributed by atoms with van der Waals surface area (Å²) in [5, 5.41) is 6.57. The highest BCUT2D eigenvalue weighted by atomic mass is 16.5. The van der Waals surface area contributed by atoms with Crippen molar-refractivity contribution in [2.45, 2.75) is 33.3 Å². The third kappa shape index (κ3) is 6.68. The third-order valence-corrected chi connectivity index (χ3v) is 2.60. The van der Waals surface area contributed by atoms with Crippen LogP contribution in [0.5, 0.6) is 0 Å². The molecule has 1 rings (SSSR count). The van der Waals surface area contributed by atoms with Gasteiger partial charge < -0.3 is 20.1 Å². The van der Waals surface area contributed by atoms with Gasteiger partial charge in [-0.3, -0.25) is 0 Å². The highest BCUT2D eigenvalue weighted by Gasteiger charge is 2.04. The fraction of sp³-hybridized carbons (Fsp3) is 0.714. The van der Waals surface area contributed by atoms with Crippen molar-refractivity contribution >= 4 is 11.6 Å². The quantitative estimate of drug-likeness (QED) is 0.607. The molecule has 0 aliphatic carbocycles. The zero-order valence-corrected chi connectivity index (χ0v) is 12.7. The minimum atomic E-state index is 0.435. The van der Waals surface area contributed by atoms with Crippen LogP contribution in [0.25, 0.3) is 0 Å². The van der Waals surface area contributed by atoms with Gasteiger partial charge in [-0.2, -0.15) is 0 Å². The van der Waals surface area contributed by atoms with E-state index in [9.17, 15) is 0 Å². The van der Waals surface area contributed by atoms with Gasteiger partial charge in [-0.15, -0.1) is 0 Å². The van der Waals surface area contributed by atoms with Crippen LogP contribution in [0, 0.1) is 0 Å². The van der Waals surface area contributed by atoms with Crippen molar-refractivity contribution in [2.24, 2.45) is 0 Å². The molecule has 2 N–H and O–H groups in total. The molecule has 0 fully saturated rings. The van der Waals surface area contributed by atoms with E-state index in [-0.39, 0.29) is 0 Å². The number of hydrogen-bond donors (Lipinski definition) is 2. The average Bonchev–Trinajstić information content (AvgIpc) is 2.47. The third-order valence-electron chi connectivity index (χ3n) is 2.60. The van der Waals surface area contributed by atoms with Crippen LogP contribution in [0.3, 0.4) is 0 Å². The standard InChI is InChI=1S/C14H26N4O2/c1-4-7-15-12-10-13(16-8-6-9-19-3)18-14(17-12)11-20-5-2/h10H,4-9,11H2,1-3H3,(H2,15,16,17,18). The van der Waals surface area contributed by atoms with Gasteiger partial charge >= 0.3 is 0 Å². The van der Waals surface area contributed by atoms with E-state index in [1.54, 1.807) is 7.11 Å². The molecule has 114 valence electrons. The second-order valence-corrected chi connectivity index (χ2v) is 4.39. The van der Waals surface area contributed by atoms with Crippen molar-refractivity contribution in [3.63, 3.8) is 0 Å². The van der Waals surface area contributed by atoms with Crippen molar-refractivity contribution in [3.8, 4) is 0 Å². The summed E-state index contributed by atoms with van der Waals surface area (Å²) >= 11 is 0. The average molecular weight is 282 g/mol. The number of rotatable bonds is 11. The van der Waals surface area contributed by atoms with E-state index in [1.807, 2.05) is 13.0 Å². The number of methoxy groups -OCH3 is 1. The zero-order valence-electron chi connectivity index (χ0n) is 12.7. The molecule has 0 atom stereocenters. The molecule has 0 saturated carbocycles. The summed E-state index contributed by atoms with van der Waals surface area (Å²) in [6, 6.07) is 1.93. The Bertz CT molecular complexity index is 348. The molecule has 0 bridgehead atoms. The van der Waals surface area contributed by atoms with Crippen LogP contribution < -0.4 is 10.6 Å².